The Morgan fingerprint density at radius 3 is 2.50 bits per heavy atom. The van der Waals surface area contributed by atoms with E-state index in [1.807, 2.05) is 0 Å². The molecular weight excluding hydrogens is 455 g/mol. The third-order valence-electron chi connectivity index (χ3n) is 6.61. The maximum atomic E-state index is 12.7. The standard InChI is InChI=1S/C20H33N2O8PSi/c1-19(2,3)32(6,7)30-16-15-17(22-11-8-14(23)21-18(22)24)29-20(16,9-12-28-15)10-13-31(25,26-4)27-5/h8,10-11,13,15-17H,9,12H2,1-7H3,(H,21,23,24)/b13-10+/t15-,16?,17-,20-/m1/s1. The van der Waals surface area contributed by atoms with Crippen molar-refractivity contribution >= 4 is 15.9 Å². The molecule has 0 aromatic carbocycles. The minimum atomic E-state index is -3.46. The van der Waals surface area contributed by atoms with Crippen molar-refractivity contribution in [3.05, 3.63) is 45.0 Å². The fraction of sp³-hybridized carbons (Fsp3) is 0.700. The SMILES string of the molecule is COP(=O)(/C=C/[C@]12CCO[C@H](C1O[Si](C)(C)C(C)(C)C)[C@H](n1ccc(=O)[nH]c1=O)O2)OC. The third kappa shape index (κ3) is 4.65. The molecule has 0 amide bonds. The number of rotatable bonds is 7. The van der Waals surface area contributed by atoms with Crippen molar-refractivity contribution in [3.8, 4) is 0 Å². The van der Waals surface area contributed by atoms with E-state index in [1.165, 1.54) is 36.9 Å². The van der Waals surface area contributed by atoms with Crippen molar-refractivity contribution in [2.75, 3.05) is 20.8 Å². The molecule has 2 saturated heterocycles. The van der Waals surface area contributed by atoms with Gasteiger partial charge in [0.1, 0.15) is 17.8 Å². The normalized spacial score (nSPS) is 29.0. The Labute approximate surface area is 188 Å². The number of nitrogens with one attached hydrogen (secondary N) is 1. The number of fused-ring (bicyclic) bond motifs is 2. The van der Waals surface area contributed by atoms with Crippen LogP contribution in [0.5, 0.6) is 0 Å². The van der Waals surface area contributed by atoms with Gasteiger partial charge in [-0.05, 0) is 24.2 Å². The average Bonchev–Trinajstić information content (AvgIpc) is 2.86. The summed E-state index contributed by atoms with van der Waals surface area (Å²) in [6.45, 7) is 11.0. The smallest absolute Gasteiger partial charge is 0.353 e. The van der Waals surface area contributed by atoms with Crippen molar-refractivity contribution in [2.24, 2.45) is 0 Å². The van der Waals surface area contributed by atoms with Gasteiger partial charge in [0.2, 0.25) is 0 Å². The van der Waals surface area contributed by atoms with Gasteiger partial charge in [-0.2, -0.15) is 0 Å². The van der Waals surface area contributed by atoms with Gasteiger partial charge in [0.25, 0.3) is 5.56 Å². The molecule has 4 atom stereocenters. The first-order valence-corrected chi connectivity index (χ1v) is 15.0. The number of aromatic amines is 1. The second-order valence-corrected chi connectivity index (χ2v) is 16.5. The van der Waals surface area contributed by atoms with E-state index in [0.717, 1.165) is 0 Å². The van der Waals surface area contributed by atoms with Gasteiger partial charge in [-0.25, -0.2) is 4.79 Å². The number of H-pyrrole nitrogens is 1. The lowest BCUT2D eigenvalue weighted by molar-refractivity contribution is -0.0873. The van der Waals surface area contributed by atoms with Crippen LogP contribution in [0.15, 0.2) is 33.7 Å². The molecule has 1 aromatic rings. The van der Waals surface area contributed by atoms with Crippen LogP contribution >= 0.6 is 7.60 Å². The van der Waals surface area contributed by atoms with Gasteiger partial charge >= 0.3 is 13.3 Å². The molecule has 2 aliphatic heterocycles. The van der Waals surface area contributed by atoms with Crippen LogP contribution in [0.3, 0.4) is 0 Å². The summed E-state index contributed by atoms with van der Waals surface area (Å²) >= 11 is 0. The summed E-state index contributed by atoms with van der Waals surface area (Å²) in [5, 5.41) is -0.0898. The van der Waals surface area contributed by atoms with Crippen LogP contribution in [0, 0.1) is 0 Å². The summed E-state index contributed by atoms with van der Waals surface area (Å²) in [5.41, 5.74) is -2.13. The molecule has 0 aliphatic carbocycles. The molecule has 180 valence electrons. The van der Waals surface area contributed by atoms with E-state index in [2.05, 4.69) is 38.8 Å². The molecule has 2 fully saturated rings. The highest BCUT2D eigenvalue weighted by Gasteiger charge is 2.61. The molecular formula is C20H33N2O8PSi. The Morgan fingerprint density at radius 2 is 1.94 bits per heavy atom. The minimum absolute atomic E-state index is 0.0898. The van der Waals surface area contributed by atoms with E-state index in [9.17, 15) is 14.2 Å². The number of ether oxygens (including phenoxy) is 2. The van der Waals surface area contributed by atoms with E-state index < -0.39 is 51.2 Å². The van der Waals surface area contributed by atoms with Crippen LogP contribution in [0.25, 0.3) is 0 Å². The van der Waals surface area contributed by atoms with E-state index in [1.54, 1.807) is 6.08 Å². The molecule has 12 heteroatoms. The summed E-state index contributed by atoms with van der Waals surface area (Å²) in [5.74, 6) is 1.37. The van der Waals surface area contributed by atoms with Crippen LogP contribution in [0.1, 0.15) is 33.4 Å². The van der Waals surface area contributed by atoms with Gasteiger partial charge in [-0.3, -0.25) is 18.9 Å². The van der Waals surface area contributed by atoms with Gasteiger partial charge < -0.3 is 22.9 Å². The quantitative estimate of drug-likeness (QED) is 0.460. The van der Waals surface area contributed by atoms with Gasteiger partial charge in [0.05, 0.1) is 6.61 Å². The molecule has 2 aliphatic rings. The van der Waals surface area contributed by atoms with Crippen molar-refractivity contribution < 1.29 is 27.5 Å². The van der Waals surface area contributed by atoms with Crippen LogP contribution in [-0.4, -0.2) is 56.5 Å². The first kappa shape index (κ1) is 25.3. The Bertz CT molecular complexity index is 1020. The lowest BCUT2D eigenvalue weighted by Crippen LogP contribution is -2.56. The lowest BCUT2D eigenvalue weighted by atomic mass is 9.90. The average molecular weight is 489 g/mol. The van der Waals surface area contributed by atoms with E-state index in [-0.39, 0.29) is 5.04 Å². The van der Waals surface area contributed by atoms with Crippen LogP contribution in [-0.2, 0) is 27.5 Å². The zero-order valence-corrected chi connectivity index (χ0v) is 21.5. The largest absolute Gasteiger partial charge is 0.408 e. The Balaban J connectivity index is 2.10. The predicted molar refractivity (Wildman–Crippen MR) is 121 cm³/mol. The third-order valence-corrected chi connectivity index (χ3v) is 12.6. The van der Waals surface area contributed by atoms with Gasteiger partial charge in [0, 0.05) is 38.7 Å². The molecule has 2 bridgehead atoms. The molecule has 0 spiro atoms. The van der Waals surface area contributed by atoms with Crippen molar-refractivity contribution in [1.82, 2.24) is 9.55 Å². The van der Waals surface area contributed by atoms with Gasteiger partial charge in [0.15, 0.2) is 14.5 Å². The zero-order chi connectivity index (χ0) is 23.9. The summed E-state index contributed by atoms with van der Waals surface area (Å²) in [6, 6.07) is 1.25. The predicted octanol–water partition coefficient (Wildman–Crippen LogP) is 2.98. The fourth-order valence-electron chi connectivity index (χ4n) is 3.65. The number of hydrogen-bond acceptors (Lipinski definition) is 8. The highest BCUT2D eigenvalue weighted by atomic mass is 31.2. The Hall–Kier alpha value is -1.33. The highest BCUT2D eigenvalue weighted by molar-refractivity contribution is 7.57. The molecule has 0 radical (unpaired) electrons. The van der Waals surface area contributed by atoms with Crippen molar-refractivity contribution in [3.63, 3.8) is 0 Å². The van der Waals surface area contributed by atoms with E-state index in [4.69, 9.17) is 22.9 Å². The molecule has 3 rings (SSSR count). The lowest BCUT2D eigenvalue weighted by Gasteiger charge is -2.45. The molecule has 3 heterocycles. The minimum Gasteiger partial charge on any atom is -0.408 e. The first-order valence-electron chi connectivity index (χ1n) is 10.5. The van der Waals surface area contributed by atoms with Crippen LogP contribution < -0.4 is 11.2 Å². The van der Waals surface area contributed by atoms with Crippen LogP contribution in [0.4, 0.5) is 0 Å². The molecule has 32 heavy (non-hydrogen) atoms. The maximum Gasteiger partial charge on any atom is 0.353 e. The van der Waals surface area contributed by atoms with Crippen molar-refractivity contribution in [2.45, 2.75) is 69.4 Å². The van der Waals surface area contributed by atoms with Gasteiger partial charge in [-0.1, -0.05) is 20.8 Å². The second kappa shape index (κ2) is 8.79. The molecule has 10 nitrogen and oxygen atoms in total. The molecule has 1 aromatic heterocycles. The molecule has 0 saturated carbocycles. The topological polar surface area (TPSA) is 118 Å². The summed E-state index contributed by atoms with van der Waals surface area (Å²) in [7, 11) is -3.15. The van der Waals surface area contributed by atoms with Gasteiger partial charge in [-0.15, -0.1) is 0 Å². The monoisotopic (exact) mass is 488 g/mol. The number of hydrogen-bond donors (Lipinski definition) is 1. The number of nitrogens with zero attached hydrogens (tertiary/aromatic N) is 1. The fourth-order valence-corrected chi connectivity index (χ4v) is 5.80. The summed E-state index contributed by atoms with van der Waals surface area (Å²) in [4.78, 5) is 26.3. The molecule has 1 N–H and O–H groups in total. The number of aromatic nitrogens is 2. The Morgan fingerprint density at radius 1 is 1.28 bits per heavy atom. The van der Waals surface area contributed by atoms with E-state index >= 15 is 0 Å². The first-order chi connectivity index (χ1) is 14.8. The Kier molecular flexibility index (Phi) is 6.95. The molecule has 1 unspecified atom stereocenters. The summed E-state index contributed by atoms with van der Waals surface area (Å²) in [6.07, 6.45) is 1.43. The van der Waals surface area contributed by atoms with Crippen molar-refractivity contribution in [1.29, 1.82) is 0 Å². The highest BCUT2D eigenvalue weighted by Crippen LogP contribution is 2.53. The second-order valence-electron chi connectivity index (χ2n) is 9.59. The zero-order valence-electron chi connectivity index (χ0n) is 19.6. The summed E-state index contributed by atoms with van der Waals surface area (Å²) < 4.78 is 43.3. The van der Waals surface area contributed by atoms with E-state index in [0.29, 0.717) is 13.0 Å². The maximum absolute atomic E-state index is 12.7. The van der Waals surface area contributed by atoms with Crippen LogP contribution in [0.2, 0.25) is 18.1 Å².